The van der Waals surface area contributed by atoms with Crippen molar-refractivity contribution < 1.29 is 25.5 Å². The Morgan fingerprint density at radius 2 is 2.03 bits per heavy atom. The number of likely N-dealkylation sites (tertiary alicyclic amines) is 1. The highest BCUT2D eigenvalue weighted by Gasteiger charge is 2.51. The summed E-state index contributed by atoms with van der Waals surface area (Å²) in [6, 6.07) is 17.4. The van der Waals surface area contributed by atoms with Crippen LogP contribution in [0.2, 0.25) is 0 Å². The lowest BCUT2D eigenvalue weighted by molar-refractivity contribution is -0.118. The van der Waals surface area contributed by atoms with Crippen LogP contribution in [0.1, 0.15) is 43.4 Å². The molecule has 8 heteroatoms. The number of anilines is 1. The van der Waals surface area contributed by atoms with Crippen molar-refractivity contribution in [3.8, 4) is 17.2 Å². The molecule has 1 aromatic heterocycles. The number of hydrogen-bond donors (Lipinski definition) is 2. The number of β-amino-alcohol motifs (C(OH)–C–C–N with tert-alkyl or cyclic N) is 1. The molecule has 0 spiro atoms. The number of ether oxygens (including phenoxy) is 3. The first-order chi connectivity index (χ1) is 17.6. The Hall–Kier alpha value is -3.62. The number of carbonyl (C=O) groups excluding carboxylic acids is 1. The molecule has 188 valence electrons. The molecule has 1 amide bonds. The van der Waals surface area contributed by atoms with Gasteiger partial charge in [-0.25, -0.2) is 4.98 Å². The highest BCUT2D eigenvalue weighted by Crippen LogP contribution is 2.51. The molecular weight excluding hydrogens is 458 g/mol. The standard InChI is InChI=1S/C28H29N3O5.H2/c1-34-22-5-3-2-4-21(22)26(31-13-10-20(32)16-31)18-6-9-25(29-15-18)30-27(33)28(11-12-28)19-7-8-23-24(14-19)36-17-35-23;/h2-9,14-15,20,26,32H,10-13,16-17H2,1H3,(H,29,30,33);1H. The Labute approximate surface area is 211 Å². The first kappa shape index (κ1) is 22.8. The molecule has 6 rings (SSSR count). The van der Waals surface area contributed by atoms with Gasteiger partial charge >= 0.3 is 0 Å². The van der Waals surface area contributed by atoms with Crippen LogP contribution >= 0.6 is 0 Å². The average molecular weight is 490 g/mol. The monoisotopic (exact) mass is 489 g/mol. The summed E-state index contributed by atoms with van der Waals surface area (Å²) in [4.78, 5) is 20.1. The lowest BCUT2D eigenvalue weighted by atomic mass is 9.94. The van der Waals surface area contributed by atoms with E-state index in [0.717, 1.165) is 48.2 Å². The number of para-hydroxylation sites is 1. The van der Waals surface area contributed by atoms with Gasteiger partial charge in [0.2, 0.25) is 12.7 Å². The second kappa shape index (κ2) is 9.11. The molecule has 2 unspecified atom stereocenters. The molecule has 2 N–H and O–H groups in total. The molecule has 3 aromatic rings. The number of nitrogens with zero attached hydrogens (tertiary/aromatic N) is 2. The minimum Gasteiger partial charge on any atom is -0.496 e. The molecule has 2 aliphatic heterocycles. The molecule has 1 saturated carbocycles. The van der Waals surface area contributed by atoms with Crippen LogP contribution in [0.5, 0.6) is 17.2 Å². The maximum Gasteiger partial charge on any atom is 0.236 e. The number of methoxy groups -OCH3 is 1. The van der Waals surface area contributed by atoms with E-state index in [1.165, 1.54) is 0 Å². The number of nitrogens with one attached hydrogen (secondary N) is 1. The van der Waals surface area contributed by atoms with Gasteiger partial charge in [0.25, 0.3) is 0 Å². The third-order valence-corrected chi connectivity index (χ3v) is 7.45. The second-order valence-electron chi connectivity index (χ2n) is 9.66. The van der Waals surface area contributed by atoms with E-state index in [-0.39, 0.29) is 26.3 Å². The highest BCUT2D eigenvalue weighted by atomic mass is 16.7. The topological polar surface area (TPSA) is 93.2 Å². The van der Waals surface area contributed by atoms with Crippen molar-refractivity contribution in [3.05, 3.63) is 77.5 Å². The summed E-state index contributed by atoms with van der Waals surface area (Å²) in [6.07, 6.45) is 3.75. The zero-order valence-corrected chi connectivity index (χ0v) is 20.1. The molecule has 0 bridgehead atoms. The number of hydrogen-bond acceptors (Lipinski definition) is 7. The van der Waals surface area contributed by atoms with Gasteiger partial charge in [0.05, 0.1) is 24.7 Å². The van der Waals surface area contributed by atoms with Gasteiger partial charge in [-0.15, -0.1) is 0 Å². The van der Waals surface area contributed by atoms with E-state index in [1.807, 2.05) is 54.6 Å². The van der Waals surface area contributed by atoms with Gasteiger partial charge in [0.15, 0.2) is 11.5 Å². The number of aromatic nitrogens is 1. The molecule has 0 radical (unpaired) electrons. The van der Waals surface area contributed by atoms with Crippen molar-refractivity contribution in [2.75, 3.05) is 32.3 Å². The lowest BCUT2D eigenvalue weighted by Gasteiger charge is -2.29. The quantitative estimate of drug-likeness (QED) is 0.520. The molecular formula is C28H31N3O5. The van der Waals surface area contributed by atoms with Gasteiger partial charge < -0.3 is 24.6 Å². The van der Waals surface area contributed by atoms with Crippen LogP contribution in [-0.2, 0) is 10.2 Å². The predicted molar refractivity (Wildman–Crippen MR) is 135 cm³/mol. The van der Waals surface area contributed by atoms with Crippen LogP contribution in [0.3, 0.4) is 0 Å². The predicted octanol–water partition coefficient (Wildman–Crippen LogP) is 3.89. The van der Waals surface area contributed by atoms with Crippen molar-refractivity contribution >= 4 is 11.7 Å². The van der Waals surface area contributed by atoms with Crippen LogP contribution in [0.25, 0.3) is 0 Å². The summed E-state index contributed by atoms with van der Waals surface area (Å²) in [6.45, 7) is 1.57. The van der Waals surface area contributed by atoms with E-state index < -0.39 is 5.41 Å². The van der Waals surface area contributed by atoms with Crippen LogP contribution in [0.4, 0.5) is 5.82 Å². The first-order valence-corrected chi connectivity index (χ1v) is 12.3. The average Bonchev–Trinajstić information content (AvgIpc) is 3.40. The van der Waals surface area contributed by atoms with Crippen molar-refractivity contribution in [2.24, 2.45) is 0 Å². The van der Waals surface area contributed by atoms with Gasteiger partial charge in [-0.2, -0.15) is 0 Å². The smallest absolute Gasteiger partial charge is 0.236 e. The summed E-state index contributed by atoms with van der Waals surface area (Å²) in [5.41, 5.74) is 2.37. The van der Waals surface area contributed by atoms with Gasteiger partial charge in [-0.1, -0.05) is 30.3 Å². The molecule has 3 aliphatic rings. The Kier molecular flexibility index (Phi) is 5.78. The fraction of sp³-hybridized carbons (Fsp3) is 0.357. The largest absolute Gasteiger partial charge is 0.496 e. The summed E-state index contributed by atoms with van der Waals surface area (Å²) >= 11 is 0. The fourth-order valence-corrected chi connectivity index (χ4v) is 5.33. The number of pyridine rings is 1. The Bertz CT molecular complexity index is 1280. The highest BCUT2D eigenvalue weighted by molar-refractivity contribution is 6.01. The lowest BCUT2D eigenvalue weighted by Crippen LogP contribution is -2.29. The van der Waals surface area contributed by atoms with Crippen LogP contribution in [0, 0.1) is 0 Å². The molecule has 2 atom stereocenters. The zero-order valence-electron chi connectivity index (χ0n) is 20.1. The van der Waals surface area contributed by atoms with E-state index in [0.29, 0.717) is 23.9 Å². The van der Waals surface area contributed by atoms with E-state index in [1.54, 1.807) is 13.3 Å². The van der Waals surface area contributed by atoms with Crippen LogP contribution < -0.4 is 19.5 Å². The normalized spacial score (nSPS) is 20.7. The maximum absolute atomic E-state index is 13.3. The maximum atomic E-state index is 13.3. The number of fused-ring (bicyclic) bond motifs is 1. The Balaban J connectivity index is 0.00000280. The third kappa shape index (κ3) is 4.06. The summed E-state index contributed by atoms with van der Waals surface area (Å²) in [5, 5.41) is 13.2. The number of benzene rings is 2. The van der Waals surface area contributed by atoms with Gasteiger partial charge in [0, 0.05) is 26.3 Å². The summed E-state index contributed by atoms with van der Waals surface area (Å²) < 4.78 is 16.5. The van der Waals surface area contributed by atoms with Crippen LogP contribution in [0.15, 0.2) is 60.8 Å². The van der Waals surface area contributed by atoms with Crippen molar-refractivity contribution in [3.63, 3.8) is 0 Å². The number of aliphatic hydroxyl groups excluding tert-OH is 1. The molecule has 2 fully saturated rings. The first-order valence-electron chi connectivity index (χ1n) is 12.3. The van der Waals surface area contributed by atoms with Gasteiger partial charge in [-0.3, -0.25) is 9.69 Å². The number of carbonyl (C=O) groups is 1. The zero-order chi connectivity index (χ0) is 24.7. The molecule has 36 heavy (non-hydrogen) atoms. The van der Waals surface area contributed by atoms with Crippen LogP contribution in [-0.4, -0.2) is 54.0 Å². The van der Waals surface area contributed by atoms with Crippen molar-refractivity contribution in [1.82, 2.24) is 9.88 Å². The van der Waals surface area contributed by atoms with E-state index >= 15 is 0 Å². The molecule has 1 aliphatic carbocycles. The third-order valence-electron chi connectivity index (χ3n) is 7.45. The number of amides is 1. The molecule has 1 saturated heterocycles. The number of rotatable bonds is 7. The minimum atomic E-state index is -0.563. The Morgan fingerprint density at radius 3 is 2.75 bits per heavy atom. The second-order valence-corrected chi connectivity index (χ2v) is 9.66. The van der Waals surface area contributed by atoms with E-state index in [9.17, 15) is 9.90 Å². The van der Waals surface area contributed by atoms with Gasteiger partial charge in [-0.05, 0) is 54.7 Å². The summed E-state index contributed by atoms with van der Waals surface area (Å²) in [5.74, 6) is 2.63. The van der Waals surface area contributed by atoms with E-state index in [2.05, 4.69) is 15.2 Å². The molecule has 3 heterocycles. The molecule has 8 nitrogen and oxygen atoms in total. The van der Waals surface area contributed by atoms with Gasteiger partial charge in [0.1, 0.15) is 11.6 Å². The fourth-order valence-electron chi connectivity index (χ4n) is 5.33. The number of aliphatic hydroxyl groups is 1. The Morgan fingerprint density at radius 1 is 1.19 bits per heavy atom. The SMILES string of the molecule is COc1ccccc1C(c1ccc(NC(=O)C2(c3ccc4c(c3)OCO4)CC2)nc1)N1CCC(O)C1.[HH]. The van der Waals surface area contributed by atoms with Crippen molar-refractivity contribution in [2.45, 2.75) is 36.8 Å². The van der Waals surface area contributed by atoms with Crippen molar-refractivity contribution in [1.29, 1.82) is 0 Å². The van der Waals surface area contributed by atoms with E-state index in [4.69, 9.17) is 14.2 Å². The molecule has 2 aromatic carbocycles. The minimum absolute atomic E-state index is 0. The summed E-state index contributed by atoms with van der Waals surface area (Å²) in [7, 11) is 1.67.